The van der Waals surface area contributed by atoms with E-state index < -0.39 is 0 Å². The number of carbonyl (C=O) groups excluding carboxylic acids is 2. The zero-order valence-electron chi connectivity index (χ0n) is 13.3. The molecule has 2 amide bonds. The van der Waals surface area contributed by atoms with Gasteiger partial charge in [0.15, 0.2) is 0 Å². The van der Waals surface area contributed by atoms with Crippen LogP contribution in [0.3, 0.4) is 0 Å². The largest absolute Gasteiger partial charge is 0.381 e. The molecular weight excluding hydrogens is 312 g/mol. The maximum absolute atomic E-state index is 12.6. The Kier molecular flexibility index (Phi) is 5.23. The molecular formula is C17H22N2O3S. The Morgan fingerprint density at radius 1 is 1.43 bits per heavy atom. The fourth-order valence-corrected chi connectivity index (χ4v) is 4.06. The molecule has 0 aromatic heterocycles. The van der Waals surface area contributed by atoms with Crippen LogP contribution in [0.4, 0.5) is 5.69 Å². The number of para-hydroxylation sites is 1. The fraction of sp³-hybridized carbons (Fsp3) is 0.529. The standard InChI is InChI=1S/C17H22N2O3S/c1-2-19(10-12-7-8-22-11-12)16(20)9-15-17(21)18-13-5-3-4-6-14(13)23-15/h3-6,12,15H,2,7-11H2,1H3,(H,18,21)/t12-,15+/m0/s1. The Morgan fingerprint density at radius 2 is 2.26 bits per heavy atom. The van der Waals surface area contributed by atoms with Gasteiger partial charge in [0.05, 0.1) is 17.5 Å². The lowest BCUT2D eigenvalue weighted by Crippen LogP contribution is -2.39. The van der Waals surface area contributed by atoms with Crippen LogP contribution in [0.5, 0.6) is 0 Å². The first-order valence-electron chi connectivity index (χ1n) is 8.09. The van der Waals surface area contributed by atoms with Crippen LogP contribution < -0.4 is 5.32 Å². The van der Waals surface area contributed by atoms with Crippen LogP contribution in [0.15, 0.2) is 29.2 Å². The molecule has 1 saturated heterocycles. The summed E-state index contributed by atoms with van der Waals surface area (Å²) in [6.45, 7) is 4.90. The number of rotatable bonds is 5. The van der Waals surface area contributed by atoms with E-state index in [1.165, 1.54) is 11.8 Å². The molecule has 1 fully saturated rings. The van der Waals surface area contributed by atoms with E-state index >= 15 is 0 Å². The van der Waals surface area contributed by atoms with Gasteiger partial charge in [-0.15, -0.1) is 11.8 Å². The second-order valence-corrected chi connectivity index (χ2v) is 7.20. The molecule has 2 atom stereocenters. The summed E-state index contributed by atoms with van der Waals surface area (Å²) in [5.74, 6) is 0.390. The molecule has 1 N–H and O–H groups in total. The summed E-state index contributed by atoms with van der Waals surface area (Å²) < 4.78 is 5.38. The van der Waals surface area contributed by atoms with Crippen LogP contribution in [0.2, 0.25) is 0 Å². The third-order valence-electron chi connectivity index (χ3n) is 4.30. The molecule has 1 aromatic rings. The van der Waals surface area contributed by atoms with Crippen molar-refractivity contribution in [1.82, 2.24) is 4.90 Å². The number of hydrogen-bond donors (Lipinski definition) is 1. The average Bonchev–Trinajstić information content (AvgIpc) is 3.06. The lowest BCUT2D eigenvalue weighted by atomic mass is 10.1. The van der Waals surface area contributed by atoms with Crippen molar-refractivity contribution in [2.24, 2.45) is 5.92 Å². The summed E-state index contributed by atoms with van der Waals surface area (Å²) in [6, 6.07) is 7.70. The fourth-order valence-electron chi connectivity index (χ4n) is 2.96. The van der Waals surface area contributed by atoms with E-state index in [9.17, 15) is 9.59 Å². The minimum atomic E-state index is -0.355. The van der Waals surface area contributed by atoms with Crippen LogP contribution >= 0.6 is 11.8 Å². The molecule has 0 unspecified atom stereocenters. The van der Waals surface area contributed by atoms with Crippen molar-refractivity contribution in [2.45, 2.75) is 29.9 Å². The molecule has 124 valence electrons. The second kappa shape index (κ2) is 7.36. The second-order valence-electron chi connectivity index (χ2n) is 5.96. The molecule has 0 bridgehead atoms. The van der Waals surface area contributed by atoms with Crippen LogP contribution in [-0.4, -0.2) is 48.3 Å². The van der Waals surface area contributed by atoms with E-state index in [1.54, 1.807) is 0 Å². The van der Waals surface area contributed by atoms with E-state index in [4.69, 9.17) is 4.74 Å². The van der Waals surface area contributed by atoms with Crippen LogP contribution in [0.25, 0.3) is 0 Å². The normalized spacial score (nSPS) is 23.3. The zero-order chi connectivity index (χ0) is 16.2. The Bertz CT molecular complexity index is 587. The number of amides is 2. The maximum atomic E-state index is 12.6. The van der Waals surface area contributed by atoms with Crippen molar-refractivity contribution in [2.75, 3.05) is 31.6 Å². The van der Waals surface area contributed by atoms with E-state index in [-0.39, 0.29) is 23.5 Å². The molecule has 1 aromatic carbocycles. The number of nitrogens with zero attached hydrogens (tertiary/aromatic N) is 1. The lowest BCUT2D eigenvalue weighted by molar-refractivity contribution is -0.133. The summed E-state index contributed by atoms with van der Waals surface area (Å²) in [6.07, 6.45) is 1.25. The van der Waals surface area contributed by atoms with Gasteiger partial charge in [0.1, 0.15) is 0 Å². The lowest BCUT2D eigenvalue weighted by Gasteiger charge is -2.28. The van der Waals surface area contributed by atoms with Gasteiger partial charge < -0.3 is 15.0 Å². The highest BCUT2D eigenvalue weighted by atomic mass is 32.2. The van der Waals surface area contributed by atoms with Crippen LogP contribution in [0, 0.1) is 5.92 Å². The van der Waals surface area contributed by atoms with Crippen LogP contribution in [-0.2, 0) is 14.3 Å². The topological polar surface area (TPSA) is 58.6 Å². The number of carbonyl (C=O) groups is 2. The van der Waals surface area contributed by atoms with Crippen molar-refractivity contribution < 1.29 is 14.3 Å². The molecule has 0 spiro atoms. The number of benzene rings is 1. The maximum Gasteiger partial charge on any atom is 0.238 e. The van der Waals surface area contributed by atoms with Gasteiger partial charge in [-0.2, -0.15) is 0 Å². The molecule has 0 radical (unpaired) electrons. The predicted octanol–water partition coefficient (Wildman–Crippen LogP) is 2.37. The van der Waals surface area contributed by atoms with E-state index in [0.29, 0.717) is 12.5 Å². The number of ether oxygens (including phenoxy) is 1. The van der Waals surface area contributed by atoms with Gasteiger partial charge in [0.2, 0.25) is 11.8 Å². The summed E-state index contributed by atoms with van der Waals surface area (Å²) in [5, 5.41) is 2.54. The van der Waals surface area contributed by atoms with Gasteiger partial charge in [-0.25, -0.2) is 0 Å². The van der Waals surface area contributed by atoms with Crippen LogP contribution in [0.1, 0.15) is 19.8 Å². The van der Waals surface area contributed by atoms with Gasteiger partial charge >= 0.3 is 0 Å². The third-order valence-corrected chi connectivity index (χ3v) is 5.58. The first-order valence-corrected chi connectivity index (χ1v) is 8.97. The van der Waals surface area contributed by atoms with Crippen molar-refractivity contribution in [1.29, 1.82) is 0 Å². The Hall–Kier alpha value is -1.53. The molecule has 3 rings (SSSR count). The Labute approximate surface area is 140 Å². The van der Waals surface area contributed by atoms with Crippen molar-refractivity contribution in [3.05, 3.63) is 24.3 Å². The summed E-state index contributed by atoms with van der Waals surface area (Å²) in [5.41, 5.74) is 0.835. The van der Waals surface area contributed by atoms with E-state index in [1.807, 2.05) is 36.1 Å². The van der Waals surface area contributed by atoms with Crippen molar-refractivity contribution in [3.8, 4) is 0 Å². The molecule has 2 aliphatic rings. The van der Waals surface area contributed by atoms with Gasteiger partial charge in [-0.05, 0) is 25.5 Å². The molecule has 2 heterocycles. The van der Waals surface area contributed by atoms with Crippen molar-refractivity contribution >= 4 is 29.3 Å². The minimum Gasteiger partial charge on any atom is -0.381 e. The first-order chi connectivity index (χ1) is 11.2. The number of fused-ring (bicyclic) bond motifs is 1. The Balaban J connectivity index is 1.61. The monoisotopic (exact) mass is 334 g/mol. The minimum absolute atomic E-state index is 0.0476. The Morgan fingerprint density at radius 3 is 3.00 bits per heavy atom. The SMILES string of the molecule is CCN(C[C@@H]1CCOC1)C(=O)C[C@H]1Sc2ccccc2NC1=O. The quantitative estimate of drug-likeness (QED) is 0.898. The number of nitrogens with one attached hydrogen (secondary N) is 1. The number of anilines is 1. The molecule has 0 aliphatic carbocycles. The zero-order valence-corrected chi connectivity index (χ0v) is 14.1. The smallest absolute Gasteiger partial charge is 0.238 e. The number of hydrogen-bond acceptors (Lipinski definition) is 4. The number of thioether (sulfide) groups is 1. The van der Waals surface area contributed by atoms with Crippen molar-refractivity contribution in [3.63, 3.8) is 0 Å². The predicted molar refractivity (Wildman–Crippen MR) is 90.5 cm³/mol. The average molecular weight is 334 g/mol. The van der Waals surface area contributed by atoms with Gasteiger partial charge in [-0.3, -0.25) is 9.59 Å². The molecule has 5 nitrogen and oxygen atoms in total. The van der Waals surface area contributed by atoms with E-state index in [0.717, 1.165) is 36.8 Å². The molecule has 2 aliphatic heterocycles. The molecule has 23 heavy (non-hydrogen) atoms. The van der Waals surface area contributed by atoms with Gasteiger partial charge in [0, 0.05) is 36.9 Å². The van der Waals surface area contributed by atoms with Gasteiger partial charge in [-0.1, -0.05) is 12.1 Å². The summed E-state index contributed by atoms with van der Waals surface area (Å²) in [4.78, 5) is 27.7. The van der Waals surface area contributed by atoms with E-state index in [2.05, 4.69) is 5.32 Å². The molecule has 0 saturated carbocycles. The summed E-state index contributed by atoms with van der Waals surface area (Å²) in [7, 11) is 0. The van der Waals surface area contributed by atoms with Gasteiger partial charge in [0.25, 0.3) is 0 Å². The highest BCUT2D eigenvalue weighted by molar-refractivity contribution is 8.01. The molecule has 6 heteroatoms. The first kappa shape index (κ1) is 16.3. The highest BCUT2D eigenvalue weighted by Gasteiger charge is 2.31. The highest BCUT2D eigenvalue weighted by Crippen LogP contribution is 2.36. The third kappa shape index (κ3) is 3.87. The summed E-state index contributed by atoms with van der Waals surface area (Å²) >= 11 is 1.48.